The first-order valence-corrected chi connectivity index (χ1v) is 6.73. The molecule has 0 saturated carbocycles. The van der Waals surface area contributed by atoms with Crippen LogP contribution in [0.4, 0.5) is 0 Å². The second kappa shape index (κ2) is 7.67. The lowest BCUT2D eigenvalue weighted by molar-refractivity contribution is -0.145. The molecule has 1 N–H and O–H groups in total. The van der Waals surface area contributed by atoms with Crippen LogP contribution in [-0.4, -0.2) is 49.7 Å². The van der Waals surface area contributed by atoms with Gasteiger partial charge in [-0.1, -0.05) is 0 Å². The van der Waals surface area contributed by atoms with Gasteiger partial charge in [-0.05, 0) is 52.6 Å². The standard InChI is InChI=1S/C13H26N2O2/c1-4-17-13(16)10-15(11(2)3)9-12-5-7-14-8-6-12/h11-12,14H,4-10H2,1-3H3. The van der Waals surface area contributed by atoms with E-state index in [2.05, 4.69) is 24.1 Å². The van der Waals surface area contributed by atoms with Crippen molar-refractivity contribution in [1.82, 2.24) is 10.2 Å². The molecule has 0 spiro atoms. The Bertz CT molecular complexity index is 225. The van der Waals surface area contributed by atoms with Crippen LogP contribution < -0.4 is 5.32 Å². The van der Waals surface area contributed by atoms with Gasteiger partial charge in [0, 0.05) is 12.6 Å². The molecule has 0 bridgehead atoms. The zero-order chi connectivity index (χ0) is 12.7. The van der Waals surface area contributed by atoms with Crippen molar-refractivity contribution in [2.75, 3.05) is 32.8 Å². The van der Waals surface area contributed by atoms with Crippen LogP contribution in [0.1, 0.15) is 33.6 Å². The second-order valence-electron chi connectivity index (χ2n) is 5.02. The van der Waals surface area contributed by atoms with Crippen LogP contribution in [0.3, 0.4) is 0 Å². The summed E-state index contributed by atoms with van der Waals surface area (Å²) in [7, 11) is 0. The summed E-state index contributed by atoms with van der Waals surface area (Å²) in [5, 5.41) is 3.37. The first kappa shape index (κ1) is 14.5. The Labute approximate surface area is 105 Å². The molecule has 4 nitrogen and oxygen atoms in total. The molecule has 1 rings (SSSR count). The van der Waals surface area contributed by atoms with E-state index in [9.17, 15) is 4.79 Å². The molecule has 0 radical (unpaired) electrons. The molecule has 0 aliphatic carbocycles. The van der Waals surface area contributed by atoms with Crippen LogP contribution in [0.25, 0.3) is 0 Å². The van der Waals surface area contributed by atoms with E-state index in [1.54, 1.807) is 0 Å². The summed E-state index contributed by atoms with van der Waals surface area (Å²) in [6.45, 7) is 10.3. The van der Waals surface area contributed by atoms with Gasteiger partial charge in [-0.2, -0.15) is 0 Å². The Morgan fingerprint density at radius 1 is 1.41 bits per heavy atom. The molecule has 0 atom stereocenters. The predicted octanol–water partition coefficient (Wildman–Crippen LogP) is 1.26. The third-order valence-corrected chi connectivity index (χ3v) is 3.32. The van der Waals surface area contributed by atoms with Gasteiger partial charge < -0.3 is 10.1 Å². The smallest absolute Gasteiger partial charge is 0.320 e. The summed E-state index contributed by atoms with van der Waals surface area (Å²) in [5.74, 6) is 0.614. The Hall–Kier alpha value is -0.610. The van der Waals surface area contributed by atoms with Crippen LogP contribution in [0.5, 0.6) is 0 Å². The Kier molecular flexibility index (Phi) is 6.52. The van der Waals surface area contributed by atoms with Crippen molar-refractivity contribution in [3.05, 3.63) is 0 Å². The SMILES string of the molecule is CCOC(=O)CN(CC1CCNCC1)C(C)C. The van der Waals surface area contributed by atoms with E-state index in [0.29, 0.717) is 25.1 Å². The Balaban J connectivity index is 2.39. The Morgan fingerprint density at radius 2 is 2.06 bits per heavy atom. The number of hydrogen-bond donors (Lipinski definition) is 1. The normalized spacial score (nSPS) is 17.7. The lowest BCUT2D eigenvalue weighted by Crippen LogP contribution is -2.42. The van der Waals surface area contributed by atoms with Gasteiger partial charge >= 0.3 is 5.97 Å². The molecular weight excluding hydrogens is 216 g/mol. The number of carbonyl (C=O) groups excluding carboxylic acids is 1. The average Bonchev–Trinajstić information content (AvgIpc) is 2.29. The number of esters is 1. The van der Waals surface area contributed by atoms with Crippen molar-refractivity contribution in [3.63, 3.8) is 0 Å². The summed E-state index contributed by atoms with van der Waals surface area (Å²) in [5.41, 5.74) is 0. The third kappa shape index (κ3) is 5.50. The maximum Gasteiger partial charge on any atom is 0.320 e. The monoisotopic (exact) mass is 242 g/mol. The van der Waals surface area contributed by atoms with Gasteiger partial charge in [0.05, 0.1) is 13.2 Å². The summed E-state index contributed by atoms with van der Waals surface area (Å²) in [6, 6.07) is 0.397. The first-order chi connectivity index (χ1) is 8.13. The van der Waals surface area contributed by atoms with Crippen molar-refractivity contribution in [1.29, 1.82) is 0 Å². The molecule has 1 aliphatic heterocycles. The quantitative estimate of drug-likeness (QED) is 0.712. The molecule has 0 aromatic heterocycles. The van der Waals surface area contributed by atoms with E-state index in [4.69, 9.17) is 4.74 Å². The highest BCUT2D eigenvalue weighted by Crippen LogP contribution is 2.15. The van der Waals surface area contributed by atoms with Crippen LogP contribution in [0.2, 0.25) is 0 Å². The highest BCUT2D eigenvalue weighted by molar-refractivity contribution is 5.71. The van der Waals surface area contributed by atoms with Crippen molar-refractivity contribution in [3.8, 4) is 0 Å². The molecule has 1 fully saturated rings. The summed E-state index contributed by atoms with van der Waals surface area (Å²) >= 11 is 0. The number of piperidine rings is 1. The number of carbonyl (C=O) groups is 1. The molecule has 0 amide bonds. The zero-order valence-corrected chi connectivity index (χ0v) is 11.4. The van der Waals surface area contributed by atoms with Crippen molar-refractivity contribution in [2.24, 2.45) is 5.92 Å². The van der Waals surface area contributed by atoms with E-state index in [0.717, 1.165) is 19.6 Å². The van der Waals surface area contributed by atoms with Gasteiger partial charge in [-0.15, -0.1) is 0 Å². The molecule has 1 saturated heterocycles. The molecular formula is C13H26N2O2. The molecule has 4 heteroatoms. The highest BCUT2D eigenvalue weighted by Gasteiger charge is 2.21. The van der Waals surface area contributed by atoms with Crippen molar-refractivity contribution >= 4 is 5.97 Å². The number of rotatable bonds is 6. The fraction of sp³-hybridized carbons (Fsp3) is 0.923. The van der Waals surface area contributed by atoms with Crippen molar-refractivity contribution in [2.45, 2.75) is 39.7 Å². The van der Waals surface area contributed by atoms with E-state index in [-0.39, 0.29) is 5.97 Å². The summed E-state index contributed by atoms with van der Waals surface area (Å²) in [6.07, 6.45) is 2.43. The summed E-state index contributed by atoms with van der Waals surface area (Å²) in [4.78, 5) is 13.8. The molecule has 0 aromatic carbocycles. The lowest BCUT2D eigenvalue weighted by atomic mass is 9.97. The molecule has 0 unspecified atom stereocenters. The van der Waals surface area contributed by atoms with Gasteiger partial charge in [-0.3, -0.25) is 9.69 Å². The van der Waals surface area contributed by atoms with Crippen molar-refractivity contribution < 1.29 is 9.53 Å². The third-order valence-electron chi connectivity index (χ3n) is 3.32. The fourth-order valence-corrected chi connectivity index (χ4v) is 2.23. The van der Waals surface area contributed by atoms with Gasteiger partial charge in [0.15, 0.2) is 0 Å². The largest absolute Gasteiger partial charge is 0.465 e. The fourth-order valence-electron chi connectivity index (χ4n) is 2.23. The zero-order valence-electron chi connectivity index (χ0n) is 11.4. The topological polar surface area (TPSA) is 41.6 Å². The minimum absolute atomic E-state index is 0.102. The second-order valence-corrected chi connectivity index (χ2v) is 5.02. The van der Waals surface area contributed by atoms with Gasteiger partial charge in [0.25, 0.3) is 0 Å². The predicted molar refractivity (Wildman–Crippen MR) is 68.9 cm³/mol. The van der Waals surface area contributed by atoms with Crippen LogP contribution in [0, 0.1) is 5.92 Å². The first-order valence-electron chi connectivity index (χ1n) is 6.73. The maximum absolute atomic E-state index is 11.5. The van der Waals surface area contributed by atoms with E-state index >= 15 is 0 Å². The van der Waals surface area contributed by atoms with Crippen LogP contribution in [-0.2, 0) is 9.53 Å². The number of nitrogens with one attached hydrogen (secondary N) is 1. The maximum atomic E-state index is 11.5. The average molecular weight is 242 g/mol. The highest BCUT2D eigenvalue weighted by atomic mass is 16.5. The summed E-state index contributed by atoms with van der Waals surface area (Å²) < 4.78 is 5.02. The minimum Gasteiger partial charge on any atom is -0.465 e. The number of nitrogens with zero attached hydrogens (tertiary/aromatic N) is 1. The Morgan fingerprint density at radius 3 is 2.59 bits per heavy atom. The lowest BCUT2D eigenvalue weighted by Gasteiger charge is -2.31. The molecule has 17 heavy (non-hydrogen) atoms. The molecule has 1 heterocycles. The number of ether oxygens (including phenoxy) is 1. The molecule has 1 aliphatic rings. The van der Waals surface area contributed by atoms with E-state index in [1.165, 1.54) is 12.8 Å². The van der Waals surface area contributed by atoms with Gasteiger partial charge in [0.1, 0.15) is 0 Å². The van der Waals surface area contributed by atoms with Gasteiger partial charge in [-0.25, -0.2) is 0 Å². The van der Waals surface area contributed by atoms with Crippen LogP contribution in [0.15, 0.2) is 0 Å². The molecule has 0 aromatic rings. The van der Waals surface area contributed by atoms with E-state index < -0.39 is 0 Å². The van der Waals surface area contributed by atoms with Gasteiger partial charge in [0.2, 0.25) is 0 Å². The minimum atomic E-state index is -0.102. The van der Waals surface area contributed by atoms with Crippen LogP contribution >= 0.6 is 0 Å². The van der Waals surface area contributed by atoms with E-state index in [1.807, 2.05) is 6.92 Å². The number of hydrogen-bond acceptors (Lipinski definition) is 4. The molecule has 100 valence electrons.